The van der Waals surface area contributed by atoms with Crippen LogP contribution in [0.5, 0.6) is 0 Å². The van der Waals surface area contributed by atoms with Crippen LogP contribution in [0.2, 0.25) is 0 Å². The molecule has 1 heterocycles. The van der Waals surface area contributed by atoms with Gasteiger partial charge < -0.3 is 24.5 Å². The number of methoxy groups -OCH3 is 1. The highest BCUT2D eigenvalue weighted by Crippen LogP contribution is 1.99. The number of carbonyl (C=O) groups is 1. The van der Waals surface area contributed by atoms with Gasteiger partial charge in [-0.25, -0.2) is 4.98 Å². The average molecular weight is 299 g/mol. The van der Waals surface area contributed by atoms with Gasteiger partial charge in [-0.15, -0.1) is 0 Å². The topological polar surface area (TPSA) is 85.5 Å². The molecule has 1 atom stereocenters. The third kappa shape index (κ3) is 8.56. The first-order valence-corrected chi connectivity index (χ1v) is 7.09. The molecule has 0 aliphatic heterocycles. The lowest BCUT2D eigenvalue weighted by Gasteiger charge is -2.15. The first-order chi connectivity index (χ1) is 10.2. The summed E-state index contributed by atoms with van der Waals surface area (Å²) in [5, 5.41) is 3.19. The highest BCUT2D eigenvalue weighted by Gasteiger charge is 2.14. The van der Waals surface area contributed by atoms with Crippen molar-refractivity contribution < 1.29 is 19.0 Å². The smallest absolute Gasteiger partial charge is 0.147 e. The molecule has 120 valence electrons. The summed E-state index contributed by atoms with van der Waals surface area (Å²) in [6.07, 6.45) is 3.94. The van der Waals surface area contributed by atoms with E-state index in [1.165, 1.54) is 0 Å². The van der Waals surface area contributed by atoms with Gasteiger partial charge in [-0.3, -0.25) is 4.79 Å². The lowest BCUT2D eigenvalue weighted by molar-refractivity contribution is -0.119. The van der Waals surface area contributed by atoms with Crippen LogP contribution in [0.25, 0.3) is 0 Å². The van der Waals surface area contributed by atoms with Crippen LogP contribution in [0.1, 0.15) is 12.6 Å². The standard InChI is InChI=1S/C14H25N3O4/c1-12(18)14(9-13-10-15-11-17-13)16-3-4-20-7-8-21-6-5-19-2/h10-11,14,16H,3-9H2,1-2H3,(H,15,17)/t14-/m0/s1. The monoisotopic (exact) mass is 299 g/mol. The Balaban J connectivity index is 2.04. The number of imidazole rings is 1. The molecule has 0 bridgehead atoms. The number of nitrogens with one attached hydrogen (secondary N) is 2. The summed E-state index contributed by atoms with van der Waals surface area (Å²) in [6.45, 7) is 5.00. The number of aromatic nitrogens is 2. The Kier molecular flexibility index (Phi) is 9.64. The minimum Gasteiger partial charge on any atom is -0.382 e. The van der Waals surface area contributed by atoms with E-state index in [1.54, 1.807) is 26.6 Å². The van der Waals surface area contributed by atoms with Gasteiger partial charge in [0.2, 0.25) is 0 Å². The van der Waals surface area contributed by atoms with E-state index in [9.17, 15) is 4.79 Å². The molecule has 0 amide bonds. The van der Waals surface area contributed by atoms with E-state index < -0.39 is 0 Å². The Morgan fingerprint density at radius 2 is 2.00 bits per heavy atom. The minimum absolute atomic E-state index is 0.104. The Morgan fingerprint density at radius 1 is 1.29 bits per heavy atom. The number of ether oxygens (including phenoxy) is 3. The van der Waals surface area contributed by atoms with Crippen LogP contribution in [0.3, 0.4) is 0 Å². The Labute approximate surface area is 125 Å². The fourth-order valence-corrected chi connectivity index (χ4v) is 1.75. The molecule has 1 rings (SSSR count). The van der Waals surface area contributed by atoms with E-state index >= 15 is 0 Å². The zero-order valence-electron chi connectivity index (χ0n) is 12.8. The SMILES string of the molecule is COCCOCCOCCN[C@@H](Cc1cnc[nH]1)C(C)=O. The predicted octanol–water partition coefficient (Wildman–Crippen LogP) is 0.179. The van der Waals surface area contributed by atoms with E-state index in [0.29, 0.717) is 46.0 Å². The molecule has 0 spiro atoms. The van der Waals surface area contributed by atoms with Crippen LogP contribution in [0, 0.1) is 0 Å². The molecule has 7 heteroatoms. The van der Waals surface area contributed by atoms with Gasteiger partial charge in [0.15, 0.2) is 0 Å². The molecule has 0 fully saturated rings. The first-order valence-electron chi connectivity index (χ1n) is 7.09. The van der Waals surface area contributed by atoms with Gasteiger partial charge >= 0.3 is 0 Å². The first kappa shape index (κ1) is 17.8. The number of carbonyl (C=O) groups excluding carboxylic acids is 1. The predicted molar refractivity (Wildman–Crippen MR) is 78.3 cm³/mol. The molecule has 0 radical (unpaired) electrons. The quantitative estimate of drug-likeness (QED) is 0.505. The second kappa shape index (κ2) is 11.4. The number of aromatic amines is 1. The van der Waals surface area contributed by atoms with Crippen LogP contribution in [0.4, 0.5) is 0 Å². The Hall–Kier alpha value is -1.28. The number of hydrogen-bond acceptors (Lipinski definition) is 6. The summed E-state index contributed by atoms with van der Waals surface area (Å²) >= 11 is 0. The third-order valence-electron chi connectivity index (χ3n) is 2.91. The molecule has 0 aliphatic rings. The molecule has 21 heavy (non-hydrogen) atoms. The average Bonchev–Trinajstić information content (AvgIpc) is 2.97. The maximum atomic E-state index is 11.6. The molecule has 0 aromatic carbocycles. The van der Waals surface area contributed by atoms with Crippen molar-refractivity contribution >= 4 is 5.78 Å². The number of ketones is 1. The van der Waals surface area contributed by atoms with Gasteiger partial charge in [0.25, 0.3) is 0 Å². The Morgan fingerprint density at radius 3 is 2.62 bits per heavy atom. The van der Waals surface area contributed by atoms with E-state index in [2.05, 4.69) is 15.3 Å². The van der Waals surface area contributed by atoms with Gasteiger partial charge in [-0.05, 0) is 6.92 Å². The van der Waals surface area contributed by atoms with Crippen molar-refractivity contribution in [2.24, 2.45) is 0 Å². The van der Waals surface area contributed by atoms with Gasteiger partial charge in [-0.2, -0.15) is 0 Å². The molecule has 1 aromatic heterocycles. The molecule has 0 unspecified atom stereocenters. The summed E-state index contributed by atoms with van der Waals surface area (Å²) in [7, 11) is 1.64. The van der Waals surface area contributed by atoms with Crippen molar-refractivity contribution in [3.8, 4) is 0 Å². The van der Waals surface area contributed by atoms with E-state index in [0.717, 1.165) is 5.69 Å². The summed E-state index contributed by atoms with van der Waals surface area (Å²) in [5.74, 6) is 0.104. The van der Waals surface area contributed by atoms with Crippen molar-refractivity contribution in [2.75, 3.05) is 46.7 Å². The zero-order valence-corrected chi connectivity index (χ0v) is 12.8. The van der Waals surface area contributed by atoms with Crippen molar-refractivity contribution in [2.45, 2.75) is 19.4 Å². The van der Waals surface area contributed by atoms with Crippen LogP contribution in [-0.4, -0.2) is 68.5 Å². The second-order valence-corrected chi connectivity index (χ2v) is 4.62. The van der Waals surface area contributed by atoms with Crippen LogP contribution >= 0.6 is 0 Å². The highest BCUT2D eigenvalue weighted by atomic mass is 16.5. The molecule has 0 saturated carbocycles. The number of rotatable bonds is 13. The van der Waals surface area contributed by atoms with Gasteiger partial charge in [0, 0.05) is 32.0 Å². The molecule has 2 N–H and O–H groups in total. The zero-order chi connectivity index (χ0) is 15.3. The summed E-state index contributed by atoms with van der Waals surface area (Å²) in [4.78, 5) is 18.5. The largest absolute Gasteiger partial charge is 0.382 e. The highest BCUT2D eigenvalue weighted by molar-refractivity contribution is 5.81. The third-order valence-corrected chi connectivity index (χ3v) is 2.91. The number of H-pyrrole nitrogens is 1. The summed E-state index contributed by atoms with van der Waals surface area (Å²) in [5.41, 5.74) is 0.940. The molecule has 1 aromatic rings. The van der Waals surface area contributed by atoms with E-state index in [1.807, 2.05) is 0 Å². The van der Waals surface area contributed by atoms with Crippen LogP contribution in [0.15, 0.2) is 12.5 Å². The van der Waals surface area contributed by atoms with Crippen molar-refractivity contribution in [1.29, 1.82) is 0 Å². The molecular weight excluding hydrogens is 274 g/mol. The lowest BCUT2D eigenvalue weighted by atomic mass is 10.1. The molecule has 0 aliphatic carbocycles. The maximum Gasteiger partial charge on any atom is 0.147 e. The lowest BCUT2D eigenvalue weighted by Crippen LogP contribution is -2.39. The fourth-order valence-electron chi connectivity index (χ4n) is 1.75. The number of hydrogen-bond donors (Lipinski definition) is 2. The number of Topliss-reactive ketones (excluding diaryl/α,β-unsaturated/α-hetero) is 1. The molecular formula is C14H25N3O4. The Bertz CT molecular complexity index is 370. The summed E-state index contributed by atoms with van der Waals surface area (Å²) in [6, 6.07) is -0.216. The van der Waals surface area contributed by atoms with Crippen molar-refractivity contribution in [1.82, 2.24) is 15.3 Å². The maximum absolute atomic E-state index is 11.6. The summed E-state index contributed by atoms with van der Waals surface area (Å²) < 4.78 is 15.6. The van der Waals surface area contributed by atoms with Crippen LogP contribution in [-0.2, 0) is 25.4 Å². The normalized spacial score (nSPS) is 12.5. The van der Waals surface area contributed by atoms with Gasteiger partial charge in [0.1, 0.15) is 5.78 Å². The fraction of sp³-hybridized carbons (Fsp3) is 0.714. The van der Waals surface area contributed by atoms with Crippen molar-refractivity contribution in [3.05, 3.63) is 18.2 Å². The molecule has 7 nitrogen and oxygen atoms in total. The van der Waals surface area contributed by atoms with E-state index in [4.69, 9.17) is 14.2 Å². The van der Waals surface area contributed by atoms with E-state index in [-0.39, 0.29) is 11.8 Å². The van der Waals surface area contributed by atoms with Crippen molar-refractivity contribution in [3.63, 3.8) is 0 Å². The number of nitrogens with zero attached hydrogens (tertiary/aromatic N) is 1. The molecule has 0 saturated heterocycles. The second-order valence-electron chi connectivity index (χ2n) is 4.62. The minimum atomic E-state index is -0.216. The van der Waals surface area contributed by atoms with Gasteiger partial charge in [0.05, 0.1) is 45.4 Å². The van der Waals surface area contributed by atoms with Gasteiger partial charge in [-0.1, -0.05) is 0 Å². The van der Waals surface area contributed by atoms with Crippen LogP contribution < -0.4 is 5.32 Å².